The van der Waals surface area contributed by atoms with Crippen LogP contribution in [0.25, 0.3) is 0 Å². The topological polar surface area (TPSA) is 54.5 Å². The molecule has 1 aliphatic carbocycles. The molecular weight excluding hydrogens is 190 g/mol. The SMILES string of the molecule is CS(=O)(=O)N1CC(C(=O)C2CC2)C1. The van der Waals surface area contributed by atoms with Gasteiger partial charge < -0.3 is 0 Å². The summed E-state index contributed by atoms with van der Waals surface area (Å²) in [5.74, 6) is 0.522. The number of Topliss-reactive ketones (excluding diaryl/α,β-unsaturated/α-hetero) is 1. The van der Waals surface area contributed by atoms with E-state index in [-0.39, 0.29) is 17.6 Å². The van der Waals surface area contributed by atoms with E-state index < -0.39 is 10.0 Å². The Hall–Kier alpha value is -0.420. The lowest BCUT2D eigenvalue weighted by Crippen LogP contribution is -2.52. The molecule has 1 saturated carbocycles. The van der Waals surface area contributed by atoms with Crippen molar-refractivity contribution in [2.75, 3.05) is 19.3 Å². The predicted molar refractivity (Wildman–Crippen MR) is 47.6 cm³/mol. The molecule has 0 aromatic heterocycles. The summed E-state index contributed by atoms with van der Waals surface area (Å²) in [5.41, 5.74) is 0. The molecule has 4 nitrogen and oxygen atoms in total. The van der Waals surface area contributed by atoms with Crippen LogP contribution >= 0.6 is 0 Å². The smallest absolute Gasteiger partial charge is 0.211 e. The maximum Gasteiger partial charge on any atom is 0.211 e. The van der Waals surface area contributed by atoms with Crippen molar-refractivity contribution in [3.05, 3.63) is 0 Å². The van der Waals surface area contributed by atoms with Gasteiger partial charge in [-0.15, -0.1) is 0 Å². The number of ketones is 1. The van der Waals surface area contributed by atoms with Crippen molar-refractivity contribution < 1.29 is 13.2 Å². The van der Waals surface area contributed by atoms with Crippen LogP contribution in [0.1, 0.15) is 12.8 Å². The van der Waals surface area contributed by atoms with Gasteiger partial charge in [0.2, 0.25) is 10.0 Å². The van der Waals surface area contributed by atoms with Crippen LogP contribution in [0.2, 0.25) is 0 Å². The maximum absolute atomic E-state index is 11.4. The van der Waals surface area contributed by atoms with Gasteiger partial charge in [-0.2, -0.15) is 0 Å². The molecule has 0 amide bonds. The van der Waals surface area contributed by atoms with E-state index in [0.717, 1.165) is 12.8 Å². The first-order valence-corrected chi connectivity index (χ1v) is 6.32. The standard InChI is InChI=1S/C8H13NO3S/c1-13(11,12)9-4-7(5-9)8(10)6-2-3-6/h6-7H,2-5H2,1H3. The third-order valence-corrected chi connectivity index (χ3v) is 3.94. The quantitative estimate of drug-likeness (QED) is 0.641. The van der Waals surface area contributed by atoms with Crippen LogP contribution in [0.15, 0.2) is 0 Å². The van der Waals surface area contributed by atoms with E-state index in [4.69, 9.17) is 0 Å². The highest BCUT2D eigenvalue weighted by molar-refractivity contribution is 7.88. The van der Waals surface area contributed by atoms with Crippen LogP contribution in [0.3, 0.4) is 0 Å². The van der Waals surface area contributed by atoms with Crippen LogP contribution in [-0.2, 0) is 14.8 Å². The third kappa shape index (κ3) is 1.76. The minimum atomic E-state index is -3.06. The zero-order chi connectivity index (χ0) is 9.64. The highest BCUT2D eigenvalue weighted by Gasteiger charge is 2.43. The Labute approximate surface area is 78.0 Å². The van der Waals surface area contributed by atoms with Gasteiger partial charge in [-0.3, -0.25) is 4.79 Å². The highest BCUT2D eigenvalue weighted by Crippen LogP contribution is 2.35. The normalized spacial score (nSPS) is 25.6. The van der Waals surface area contributed by atoms with Gasteiger partial charge in [0.25, 0.3) is 0 Å². The van der Waals surface area contributed by atoms with Gasteiger partial charge in [0, 0.05) is 24.9 Å². The minimum Gasteiger partial charge on any atom is -0.299 e. The number of rotatable bonds is 3. The van der Waals surface area contributed by atoms with Crippen molar-refractivity contribution >= 4 is 15.8 Å². The van der Waals surface area contributed by atoms with Crippen molar-refractivity contribution in [2.24, 2.45) is 11.8 Å². The van der Waals surface area contributed by atoms with E-state index in [1.807, 2.05) is 0 Å². The molecule has 1 heterocycles. The molecule has 0 N–H and O–H groups in total. The van der Waals surface area contributed by atoms with Gasteiger partial charge in [0.05, 0.1) is 6.26 Å². The third-order valence-electron chi connectivity index (χ3n) is 2.70. The summed E-state index contributed by atoms with van der Waals surface area (Å²) >= 11 is 0. The van der Waals surface area contributed by atoms with Crippen molar-refractivity contribution in [2.45, 2.75) is 12.8 Å². The Morgan fingerprint density at radius 3 is 2.15 bits per heavy atom. The number of hydrogen-bond donors (Lipinski definition) is 0. The van der Waals surface area contributed by atoms with Crippen molar-refractivity contribution in [3.8, 4) is 0 Å². The van der Waals surface area contributed by atoms with E-state index in [2.05, 4.69) is 0 Å². The molecule has 1 saturated heterocycles. The maximum atomic E-state index is 11.4. The van der Waals surface area contributed by atoms with Gasteiger partial charge in [0.15, 0.2) is 0 Å². The Kier molecular flexibility index (Phi) is 1.96. The lowest BCUT2D eigenvalue weighted by atomic mass is 9.95. The second-order valence-corrected chi connectivity index (χ2v) is 5.94. The molecule has 5 heteroatoms. The first-order valence-electron chi connectivity index (χ1n) is 4.47. The minimum absolute atomic E-state index is 0.0118. The molecule has 74 valence electrons. The molecule has 0 bridgehead atoms. The lowest BCUT2D eigenvalue weighted by molar-refractivity contribution is -0.127. The Morgan fingerprint density at radius 1 is 1.23 bits per heavy atom. The summed E-state index contributed by atoms with van der Waals surface area (Å²) in [6.07, 6.45) is 3.20. The molecule has 2 fully saturated rings. The second kappa shape index (κ2) is 2.78. The molecule has 2 rings (SSSR count). The first kappa shape index (κ1) is 9.15. The molecule has 1 aliphatic heterocycles. The van der Waals surface area contributed by atoms with E-state index in [9.17, 15) is 13.2 Å². The summed E-state index contributed by atoms with van der Waals surface area (Å²) < 4.78 is 23.3. The monoisotopic (exact) mass is 203 g/mol. The summed E-state index contributed by atoms with van der Waals surface area (Å²) in [4.78, 5) is 11.4. The van der Waals surface area contributed by atoms with Crippen LogP contribution in [0, 0.1) is 11.8 Å². The fourth-order valence-electron chi connectivity index (χ4n) is 1.59. The number of carbonyl (C=O) groups excluding carboxylic acids is 1. The fourth-order valence-corrected chi connectivity index (χ4v) is 2.49. The van der Waals surface area contributed by atoms with Gasteiger partial charge in [0.1, 0.15) is 5.78 Å². The summed E-state index contributed by atoms with van der Waals surface area (Å²) in [6.45, 7) is 0.822. The van der Waals surface area contributed by atoms with Gasteiger partial charge in [-0.05, 0) is 12.8 Å². The van der Waals surface area contributed by atoms with Gasteiger partial charge >= 0.3 is 0 Å². The largest absolute Gasteiger partial charge is 0.299 e. The summed E-state index contributed by atoms with van der Waals surface area (Å²) in [7, 11) is -3.06. The van der Waals surface area contributed by atoms with Crippen LogP contribution < -0.4 is 0 Å². The van der Waals surface area contributed by atoms with Crippen LogP contribution in [0.5, 0.6) is 0 Å². The first-order chi connectivity index (χ1) is 5.98. The zero-order valence-corrected chi connectivity index (χ0v) is 8.38. The van der Waals surface area contributed by atoms with E-state index >= 15 is 0 Å². The summed E-state index contributed by atoms with van der Waals surface area (Å²) in [5, 5.41) is 0. The molecule has 0 radical (unpaired) electrons. The van der Waals surface area contributed by atoms with Crippen LogP contribution in [0.4, 0.5) is 0 Å². The predicted octanol–water partition coefficient (Wildman–Crippen LogP) is -0.143. The lowest BCUT2D eigenvalue weighted by Gasteiger charge is -2.36. The summed E-state index contributed by atoms with van der Waals surface area (Å²) in [6, 6.07) is 0. The molecule has 2 aliphatic rings. The molecule has 0 unspecified atom stereocenters. The average Bonchev–Trinajstić information content (AvgIpc) is 2.58. The number of hydrogen-bond acceptors (Lipinski definition) is 3. The Morgan fingerprint density at radius 2 is 1.77 bits per heavy atom. The Balaban J connectivity index is 1.87. The fraction of sp³-hybridized carbons (Fsp3) is 0.875. The molecule has 0 spiro atoms. The van der Waals surface area contributed by atoms with E-state index in [1.54, 1.807) is 0 Å². The highest BCUT2D eigenvalue weighted by atomic mass is 32.2. The number of nitrogens with zero attached hydrogens (tertiary/aromatic N) is 1. The molecule has 0 aromatic carbocycles. The van der Waals surface area contributed by atoms with E-state index in [0.29, 0.717) is 13.1 Å². The van der Waals surface area contributed by atoms with Crippen molar-refractivity contribution in [1.82, 2.24) is 4.31 Å². The number of sulfonamides is 1. The van der Waals surface area contributed by atoms with E-state index in [1.165, 1.54) is 10.6 Å². The molecule has 0 aromatic rings. The van der Waals surface area contributed by atoms with Crippen molar-refractivity contribution in [3.63, 3.8) is 0 Å². The molecule has 0 atom stereocenters. The van der Waals surface area contributed by atoms with Gasteiger partial charge in [-0.25, -0.2) is 12.7 Å². The molecule has 13 heavy (non-hydrogen) atoms. The molecular formula is C8H13NO3S. The van der Waals surface area contributed by atoms with Crippen molar-refractivity contribution in [1.29, 1.82) is 0 Å². The second-order valence-electron chi connectivity index (χ2n) is 3.95. The van der Waals surface area contributed by atoms with Gasteiger partial charge in [-0.1, -0.05) is 0 Å². The Bertz CT molecular complexity index is 325. The van der Waals surface area contributed by atoms with Crippen LogP contribution in [-0.4, -0.2) is 37.9 Å². The zero-order valence-electron chi connectivity index (χ0n) is 7.56. The number of carbonyl (C=O) groups is 1. The average molecular weight is 203 g/mol.